The quantitative estimate of drug-likeness (QED) is 0.771. The number of benzene rings is 2. The van der Waals surface area contributed by atoms with Crippen LogP contribution in [0.2, 0.25) is 0 Å². The van der Waals surface area contributed by atoms with Gasteiger partial charge >= 0.3 is 0 Å². The molecule has 1 nitrogen and oxygen atoms in total. The normalized spacial score (nSPS) is 24.7. The van der Waals surface area contributed by atoms with Crippen LogP contribution in [0.4, 0.5) is 0 Å². The highest BCUT2D eigenvalue weighted by molar-refractivity contribution is 7.99. The number of hydrogen-bond donors (Lipinski definition) is 0. The Labute approximate surface area is 118 Å². The van der Waals surface area contributed by atoms with E-state index in [2.05, 4.69) is 42.5 Å². The summed E-state index contributed by atoms with van der Waals surface area (Å²) in [6.07, 6.45) is 0.993. The lowest BCUT2D eigenvalue weighted by molar-refractivity contribution is 0.800. The molecule has 19 heavy (non-hydrogen) atoms. The van der Waals surface area contributed by atoms with Gasteiger partial charge in [-0.2, -0.15) is 5.26 Å². The van der Waals surface area contributed by atoms with E-state index in [-0.39, 0.29) is 5.41 Å². The molecular weight excluding hydrogens is 250 g/mol. The first-order valence-corrected chi connectivity index (χ1v) is 7.48. The van der Waals surface area contributed by atoms with E-state index < -0.39 is 0 Å². The summed E-state index contributed by atoms with van der Waals surface area (Å²) in [5.41, 5.74) is 0.944. The van der Waals surface area contributed by atoms with Gasteiger partial charge in [-0.05, 0) is 30.0 Å². The largest absolute Gasteiger partial charge is 0.197 e. The van der Waals surface area contributed by atoms with Crippen molar-refractivity contribution in [2.24, 2.45) is 5.92 Å². The molecule has 94 valence electrons. The molecule has 2 aromatic carbocycles. The zero-order valence-corrected chi connectivity index (χ0v) is 11.4. The number of hydrogen-bond acceptors (Lipinski definition) is 2. The fourth-order valence-corrected chi connectivity index (χ4v) is 3.68. The molecule has 0 spiro atoms. The monoisotopic (exact) mass is 265 g/mol. The second kappa shape index (κ2) is 5.11. The van der Waals surface area contributed by atoms with Crippen LogP contribution in [0.1, 0.15) is 12.0 Å². The van der Waals surface area contributed by atoms with Gasteiger partial charge in [0.1, 0.15) is 0 Å². The third-order valence-corrected chi connectivity index (χ3v) is 4.96. The van der Waals surface area contributed by atoms with Gasteiger partial charge < -0.3 is 0 Å². The summed E-state index contributed by atoms with van der Waals surface area (Å²) in [6.45, 7) is 0. The van der Waals surface area contributed by atoms with Crippen molar-refractivity contribution in [2.45, 2.75) is 16.7 Å². The molecule has 1 saturated carbocycles. The van der Waals surface area contributed by atoms with E-state index in [0.29, 0.717) is 5.92 Å². The predicted molar refractivity (Wildman–Crippen MR) is 79.0 cm³/mol. The molecule has 3 rings (SSSR count). The molecule has 1 aliphatic carbocycles. The molecule has 0 amide bonds. The first-order valence-electron chi connectivity index (χ1n) is 6.50. The van der Waals surface area contributed by atoms with Gasteiger partial charge in [0, 0.05) is 10.6 Å². The third-order valence-electron chi connectivity index (χ3n) is 3.79. The Morgan fingerprint density at radius 1 is 1.05 bits per heavy atom. The van der Waals surface area contributed by atoms with Gasteiger partial charge in [0.2, 0.25) is 0 Å². The average Bonchev–Trinajstić information content (AvgIpc) is 3.22. The summed E-state index contributed by atoms with van der Waals surface area (Å²) in [7, 11) is 0. The van der Waals surface area contributed by atoms with E-state index in [0.717, 1.165) is 12.2 Å². The molecule has 0 bridgehead atoms. The summed E-state index contributed by atoms with van der Waals surface area (Å²) in [4.78, 5) is 1.29. The SMILES string of the molecule is N#CC1(c2ccccc2)CC1CSc1ccccc1. The van der Waals surface area contributed by atoms with Crippen molar-refractivity contribution >= 4 is 11.8 Å². The van der Waals surface area contributed by atoms with E-state index in [9.17, 15) is 5.26 Å². The zero-order valence-electron chi connectivity index (χ0n) is 10.6. The Morgan fingerprint density at radius 2 is 1.68 bits per heavy atom. The maximum Gasteiger partial charge on any atom is 0.0862 e. The van der Waals surface area contributed by atoms with E-state index in [4.69, 9.17) is 0 Å². The summed E-state index contributed by atoms with van der Waals surface area (Å²) in [5, 5.41) is 9.52. The Hall–Kier alpha value is -1.72. The molecule has 2 aromatic rings. The van der Waals surface area contributed by atoms with Crippen molar-refractivity contribution in [2.75, 3.05) is 5.75 Å². The summed E-state index contributed by atoms with van der Waals surface area (Å²) >= 11 is 1.85. The molecular formula is C17H15NS. The minimum atomic E-state index is -0.233. The number of rotatable bonds is 4. The van der Waals surface area contributed by atoms with E-state index in [1.54, 1.807) is 0 Å². The maximum absolute atomic E-state index is 9.52. The highest BCUT2D eigenvalue weighted by atomic mass is 32.2. The Kier molecular flexibility index (Phi) is 3.31. The lowest BCUT2D eigenvalue weighted by atomic mass is 9.95. The van der Waals surface area contributed by atoms with E-state index in [1.807, 2.05) is 36.0 Å². The Morgan fingerprint density at radius 3 is 2.32 bits per heavy atom. The Balaban J connectivity index is 1.68. The van der Waals surface area contributed by atoms with Gasteiger partial charge in [-0.1, -0.05) is 48.5 Å². The first kappa shape index (κ1) is 12.3. The van der Waals surface area contributed by atoms with Crippen LogP contribution in [0.25, 0.3) is 0 Å². The fraction of sp³-hybridized carbons (Fsp3) is 0.235. The van der Waals surface area contributed by atoms with Gasteiger partial charge in [-0.25, -0.2) is 0 Å². The third kappa shape index (κ3) is 2.39. The van der Waals surface area contributed by atoms with Crippen LogP contribution in [0, 0.1) is 17.2 Å². The van der Waals surface area contributed by atoms with Crippen LogP contribution < -0.4 is 0 Å². The number of thioether (sulfide) groups is 1. The fourth-order valence-electron chi connectivity index (χ4n) is 2.54. The molecule has 2 atom stereocenters. The van der Waals surface area contributed by atoms with Crippen molar-refractivity contribution in [3.63, 3.8) is 0 Å². The molecule has 2 unspecified atom stereocenters. The van der Waals surface area contributed by atoms with Crippen molar-refractivity contribution in [1.82, 2.24) is 0 Å². The molecule has 0 radical (unpaired) electrons. The number of nitrogens with zero attached hydrogens (tertiary/aromatic N) is 1. The lowest BCUT2D eigenvalue weighted by Crippen LogP contribution is -2.07. The molecule has 1 fully saturated rings. The molecule has 1 aliphatic rings. The summed E-state index contributed by atoms with van der Waals surface area (Å²) in [5.74, 6) is 1.50. The number of nitriles is 1. The average molecular weight is 265 g/mol. The molecule has 0 aliphatic heterocycles. The molecule has 0 saturated heterocycles. The second-order valence-electron chi connectivity index (χ2n) is 4.97. The molecule has 0 N–H and O–H groups in total. The van der Waals surface area contributed by atoms with Crippen LogP contribution in [-0.4, -0.2) is 5.75 Å². The Bertz CT molecular complexity index is 588. The van der Waals surface area contributed by atoms with Crippen LogP contribution >= 0.6 is 11.8 Å². The molecule has 0 heterocycles. The highest BCUT2D eigenvalue weighted by Crippen LogP contribution is 2.55. The van der Waals surface area contributed by atoms with Crippen LogP contribution in [0.5, 0.6) is 0 Å². The summed E-state index contributed by atoms with van der Waals surface area (Å²) in [6, 6.07) is 23.2. The standard InChI is InChI=1S/C17H15NS/c18-13-17(14-7-3-1-4-8-14)11-15(17)12-19-16-9-5-2-6-10-16/h1-10,15H,11-12H2. The highest BCUT2D eigenvalue weighted by Gasteiger charge is 2.55. The van der Waals surface area contributed by atoms with E-state index in [1.165, 1.54) is 10.5 Å². The lowest BCUT2D eigenvalue weighted by Gasteiger charge is -2.08. The van der Waals surface area contributed by atoms with Gasteiger partial charge in [0.05, 0.1) is 11.5 Å². The van der Waals surface area contributed by atoms with Gasteiger partial charge in [0.25, 0.3) is 0 Å². The molecule has 0 aromatic heterocycles. The van der Waals surface area contributed by atoms with Gasteiger partial charge in [-0.3, -0.25) is 0 Å². The topological polar surface area (TPSA) is 23.8 Å². The van der Waals surface area contributed by atoms with Crippen molar-refractivity contribution in [3.8, 4) is 6.07 Å². The van der Waals surface area contributed by atoms with Crippen LogP contribution in [-0.2, 0) is 5.41 Å². The minimum absolute atomic E-state index is 0.233. The van der Waals surface area contributed by atoms with Gasteiger partial charge in [-0.15, -0.1) is 11.8 Å². The maximum atomic E-state index is 9.52. The predicted octanol–water partition coefficient (Wildman–Crippen LogP) is 4.26. The van der Waals surface area contributed by atoms with Gasteiger partial charge in [0.15, 0.2) is 0 Å². The van der Waals surface area contributed by atoms with Crippen LogP contribution in [0.15, 0.2) is 65.6 Å². The second-order valence-corrected chi connectivity index (χ2v) is 6.07. The minimum Gasteiger partial charge on any atom is -0.197 e. The zero-order chi connectivity index (χ0) is 13.1. The summed E-state index contributed by atoms with van der Waals surface area (Å²) < 4.78 is 0. The smallest absolute Gasteiger partial charge is 0.0862 e. The van der Waals surface area contributed by atoms with Crippen molar-refractivity contribution in [3.05, 3.63) is 66.2 Å². The van der Waals surface area contributed by atoms with E-state index >= 15 is 0 Å². The molecule has 2 heteroatoms. The van der Waals surface area contributed by atoms with Crippen molar-refractivity contribution in [1.29, 1.82) is 5.26 Å². The van der Waals surface area contributed by atoms with Crippen molar-refractivity contribution < 1.29 is 0 Å². The van der Waals surface area contributed by atoms with Crippen LogP contribution in [0.3, 0.4) is 0 Å². The first-order chi connectivity index (χ1) is 9.35.